The lowest BCUT2D eigenvalue weighted by atomic mass is 10.1. The van der Waals surface area contributed by atoms with E-state index in [4.69, 9.17) is 6.42 Å². The van der Waals surface area contributed by atoms with E-state index in [-0.39, 0.29) is 34.9 Å². The molecule has 1 aliphatic rings. The highest BCUT2D eigenvalue weighted by atomic mass is 32.2. The molecule has 33 heavy (non-hydrogen) atoms. The molecule has 2 atom stereocenters. The highest BCUT2D eigenvalue weighted by Crippen LogP contribution is 2.24. The number of nitrogens with one attached hydrogen (secondary N) is 1. The van der Waals surface area contributed by atoms with Crippen molar-refractivity contribution >= 4 is 21.8 Å². The molecular weight excluding hydrogens is 438 g/mol. The van der Waals surface area contributed by atoms with Crippen molar-refractivity contribution in [3.05, 3.63) is 65.2 Å². The molecule has 1 heterocycles. The minimum Gasteiger partial charge on any atom is -0.348 e. The Morgan fingerprint density at radius 3 is 2.61 bits per heavy atom. The second-order valence-electron chi connectivity index (χ2n) is 8.29. The van der Waals surface area contributed by atoms with E-state index in [0.29, 0.717) is 19.4 Å². The summed E-state index contributed by atoms with van der Waals surface area (Å²) < 4.78 is 26.5. The molecule has 0 aliphatic carbocycles. The molecule has 174 valence electrons. The fourth-order valence-corrected chi connectivity index (χ4v) is 5.01. The minimum atomic E-state index is -3.82. The third kappa shape index (κ3) is 5.44. The van der Waals surface area contributed by atoms with E-state index in [1.165, 1.54) is 30.1 Å². The SMILES string of the molecule is C#CCN(C)S(=O)(=O)c1cccc(C(=O)N2CCC[C@@H]2C(=O)N[C@H](C)c2ccc(C)cc2)c1. The Bertz CT molecular complexity index is 1170. The Labute approximate surface area is 195 Å². The second-order valence-corrected chi connectivity index (χ2v) is 10.3. The topological polar surface area (TPSA) is 86.8 Å². The molecule has 0 bridgehead atoms. The van der Waals surface area contributed by atoms with Gasteiger partial charge in [-0.15, -0.1) is 6.42 Å². The normalized spacial score (nSPS) is 16.9. The summed E-state index contributed by atoms with van der Waals surface area (Å²) in [5.41, 5.74) is 2.34. The van der Waals surface area contributed by atoms with Gasteiger partial charge >= 0.3 is 0 Å². The molecular formula is C25H29N3O4S. The van der Waals surface area contributed by atoms with Crippen LogP contribution in [0.15, 0.2) is 53.4 Å². The van der Waals surface area contributed by atoms with Gasteiger partial charge < -0.3 is 10.2 Å². The molecule has 8 heteroatoms. The molecule has 2 aromatic carbocycles. The molecule has 0 saturated carbocycles. The fourth-order valence-electron chi connectivity index (χ4n) is 3.88. The monoisotopic (exact) mass is 467 g/mol. The lowest BCUT2D eigenvalue weighted by molar-refractivity contribution is -0.125. The standard InChI is InChI=1S/C25H29N3O4S/c1-5-15-27(4)33(31,32)22-9-6-8-21(17-22)25(30)28-16-7-10-23(28)24(29)26-19(3)20-13-11-18(2)12-14-20/h1,6,8-9,11-14,17,19,23H,7,10,15-16H2,2-4H3,(H,26,29)/t19-,23-/m1/s1. The number of carbonyl (C=O) groups excluding carboxylic acids is 2. The largest absolute Gasteiger partial charge is 0.348 e. The van der Waals surface area contributed by atoms with Crippen LogP contribution in [-0.4, -0.2) is 55.6 Å². The number of sulfonamides is 1. The van der Waals surface area contributed by atoms with Crippen LogP contribution in [0.2, 0.25) is 0 Å². The number of aryl methyl sites for hydroxylation is 1. The Morgan fingerprint density at radius 2 is 1.94 bits per heavy atom. The van der Waals surface area contributed by atoms with Crippen LogP contribution in [0, 0.1) is 19.3 Å². The zero-order valence-corrected chi connectivity index (χ0v) is 19.9. The van der Waals surface area contributed by atoms with Gasteiger partial charge in [-0.3, -0.25) is 9.59 Å². The molecule has 7 nitrogen and oxygen atoms in total. The minimum absolute atomic E-state index is 0.0145. The van der Waals surface area contributed by atoms with Crippen LogP contribution >= 0.6 is 0 Å². The van der Waals surface area contributed by atoms with Gasteiger partial charge in [0.1, 0.15) is 6.04 Å². The van der Waals surface area contributed by atoms with Gasteiger partial charge in [0.25, 0.3) is 5.91 Å². The Morgan fingerprint density at radius 1 is 1.24 bits per heavy atom. The summed E-state index contributed by atoms with van der Waals surface area (Å²) >= 11 is 0. The first-order chi connectivity index (χ1) is 15.6. The van der Waals surface area contributed by atoms with Gasteiger partial charge in [-0.2, -0.15) is 4.31 Å². The molecule has 3 rings (SSSR count). The van der Waals surface area contributed by atoms with Gasteiger partial charge in [0.05, 0.1) is 17.5 Å². The first-order valence-corrected chi connectivity index (χ1v) is 12.3. The summed E-state index contributed by atoms with van der Waals surface area (Å²) in [6.07, 6.45) is 6.49. The predicted molar refractivity (Wildman–Crippen MR) is 127 cm³/mol. The van der Waals surface area contributed by atoms with E-state index in [9.17, 15) is 18.0 Å². The third-order valence-corrected chi connectivity index (χ3v) is 7.65. The van der Waals surface area contributed by atoms with E-state index < -0.39 is 16.1 Å². The van der Waals surface area contributed by atoms with Crippen LogP contribution in [0.25, 0.3) is 0 Å². The van der Waals surface area contributed by atoms with Crippen LogP contribution in [-0.2, 0) is 14.8 Å². The summed E-state index contributed by atoms with van der Waals surface area (Å²) in [5, 5.41) is 3.00. The van der Waals surface area contributed by atoms with Gasteiger partial charge in [-0.1, -0.05) is 41.8 Å². The maximum absolute atomic E-state index is 13.2. The maximum Gasteiger partial charge on any atom is 0.254 e. The summed E-state index contributed by atoms with van der Waals surface area (Å²) in [6, 6.07) is 13.0. The van der Waals surface area contributed by atoms with Crippen LogP contribution in [0.4, 0.5) is 0 Å². The van der Waals surface area contributed by atoms with E-state index in [1.807, 2.05) is 38.1 Å². The lowest BCUT2D eigenvalue weighted by Gasteiger charge is -2.26. The maximum atomic E-state index is 13.2. The van der Waals surface area contributed by atoms with E-state index in [2.05, 4.69) is 11.2 Å². The number of likely N-dealkylation sites (tertiary alicyclic amines) is 1. The van der Waals surface area contributed by atoms with Gasteiger partial charge in [0, 0.05) is 19.2 Å². The van der Waals surface area contributed by atoms with Crippen molar-refractivity contribution in [1.82, 2.24) is 14.5 Å². The quantitative estimate of drug-likeness (QED) is 0.635. The van der Waals surface area contributed by atoms with Crippen molar-refractivity contribution < 1.29 is 18.0 Å². The van der Waals surface area contributed by atoms with Crippen LogP contribution in [0.5, 0.6) is 0 Å². The number of nitrogens with zero attached hydrogens (tertiary/aromatic N) is 2. The second kappa shape index (κ2) is 10.2. The summed E-state index contributed by atoms with van der Waals surface area (Å²) in [6.45, 7) is 4.27. The van der Waals surface area contributed by atoms with Crippen LogP contribution in [0.1, 0.15) is 47.3 Å². The molecule has 2 amide bonds. The average Bonchev–Trinajstić information content (AvgIpc) is 3.29. The number of rotatable bonds is 7. The number of amides is 2. The van der Waals surface area contributed by atoms with Crippen molar-refractivity contribution in [2.75, 3.05) is 20.1 Å². The summed E-state index contributed by atoms with van der Waals surface area (Å²) in [5.74, 6) is 1.72. The van der Waals surface area contributed by atoms with E-state index >= 15 is 0 Å². The van der Waals surface area contributed by atoms with Crippen molar-refractivity contribution in [3.63, 3.8) is 0 Å². The van der Waals surface area contributed by atoms with E-state index in [0.717, 1.165) is 15.4 Å². The van der Waals surface area contributed by atoms with Gasteiger partial charge in [-0.05, 0) is 50.5 Å². The molecule has 0 radical (unpaired) electrons. The van der Waals surface area contributed by atoms with Gasteiger partial charge in [-0.25, -0.2) is 8.42 Å². The van der Waals surface area contributed by atoms with Crippen molar-refractivity contribution in [2.45, 2.75) is 43.7 Å². The van der Waals surface area contributed by atoms with Crippen molar-refractivity contribution in [3.8, 4) is 12.3 Å². The number of hydrogen-bond donors (Lipinski definition) is 1. The lowest BCUT2D eigenvalue weighted by Crippen LogP contribution is -2.46. The number of benzene rings is 2. The summed E-state index contributed by atoms with van der Waals surface area (Å²) in [7, 11) is -2.43. The van der Waals surface area contributed by atoms with Crippen LogP contribution < -0.4 is 5.32 Å². The predicted octanol–water partition coefficient (Wildman–Crippen LogP) is 2.73. The molecule has 1 saturated heterocycles. The molecule has 1 N–H and O–H groups in total. The van der Waals surface area contributed by atoms with Gasteiger partial charge in [0.15, 0.2) is 0 Å². The Kier molecular flexibility index (Phi) is 7.57. The van der Waals surface area contributed by atoms with E-state index in [1.54, 1.807) is 6.07 Å². The fraction of sp³-hybridized carbons (Fsp3) is 0.360. The molecule has 0 unspecified atom stereocenters. The van der Waals surface area contributed by atoms with Crippen molar-refractivity contribution in [1.29, 1.82) is 0 Å². The third-order valence-electron chi connectivity index (χ3n) is 5.86. The highest BCUT2D eigenvalue weighted by molar-refractivity contribution is 7.89. The molecule has 2 aromatic rings. The van der Waals surface area contributed by atoms with Gasteiger partial charge in [0.2, 0.25) is 15.9 Å². The zero-order chi connectivity index (χ0) is 24.2. The molecule has 1 aliphatic heterocycles. The number of hydrogen-bond acceptors (Lipinski definition) is 4. The highest BCUT2D eigenvalue weighted by Gasteiger charge is 2.35. The van der Waals surface area contributed by atoms with Crippen LogP contribution in [0.3, 0.4) is 0 Å². The summed E-state index contributed by atoms with van der Waals surface area (Å²) in [4.78, 5) is 27.7. The molecule has 0 spiro atoms. The molecule has 0 aromatic heterocycles. The molecule has 1 fully saturated rings. The first-order valence-electron chi connectivity index (χ1n) is 10.8. The number of terminal acetylenes is 1. The Hall–Kier alpha value is -3.15. The zero-order valence-electron chi connectivity index (χ0n) is 19.1. The number of carbonyl (C=O) groups is 2. The smallest absolute Gasteiger partial charge is 0.254 e. The Balaban J connectivity index is 1.76. The van der Waals surface area contributed by atoms with Crippen molar-refractivity contribution in [2.24, 2.45) is 0 Å². The first kappa shape index (κ1) is 24.5. The average molecular weight is 468 g/mol.